The lowest BCUT2D eigenvalue weighted by atomic mass is 10.2. The minimum Gasteiger partial charge on any atom is -0.387 e. The molecule has 1 unspecified atom stereocenters. The van der Waals surface area contributed by atoms with E-state index in [9.17, 15) is 5.11 Å². The number of hydrogen-bond acceptors (Lipinski definition) is 7. The lowest BCUT2D eigenvalue weighted by Gasteiger charge is -2.12. The van der Waals surface area contributed by atoms with Crippen LogP contribution in [0.25, 0.3) is 0 Å². The number of aliphatic hydroxyl groups is 1. The molecule has 0 fully saturated rings. The van der Waals surface area contributed by atoms with Gasteiger partial charge in [-0.1, -0.05) is 6.92 Å². The molecule has 2 aromatic heterocycles. The van der Waals surface area contributed by atoms with Crippen LogP contribution < -0.4 is 16.4 Å². The highest BCUT2D eigenvalue weighted by molar-refractivity contribution is 7.07. The first kappa shape index (κ1) is 14.5. The Labute approximate surface area is 122 Å². The lowest BCUT2D eigenvalue weighted by molar-refractivity contribution is 0.192. The third-order valence-electron chi connectivity index (χ3n) is 2.70. The monoisotopic (exact) mass is 293 g/mol. The molecular weight excluding hydrogens is 274 g/mol. The summed E-state index contributed by atoms with van der Waals surface area (Å²) in [6.07, 6.45) is 0.438. The van der Waals surface area contributed by atoms with E-state index in [2.05, 4.69) is 27.5 Å². The molecule has 0 aliphatic rings. The van der Waals surface area contributed by atoms with Gasteiger partial charge in [-0.25, -0.2) is 0 Å². The number of aliphatic hydroxyl groups excluding tert-OH is 1. The molecule has 1 atom stereocenters. The molecule has 2 heterocycles. The fourth-order valence-electron chi connectivity index (χ4n) is 1.68. The van der Waals surface area contributed by atoms with Crippen molar-refractivity contribution >= 4 is 28.9 Å². The summed E-state index contributed by atoms with van der Waals surface area (Å²) >= 11 is 1.56. The predicted octanol–water partition coefficient (Wildman–Crippen LogP) is 2.09. The predicted molar refractivity (Wildman–Crippen MR) is 83.0 cm³/mol. The number of nitrogens with one attached hydrogen (secondary N) is 2. The van der Waals surface area contributed by atoms with Crippen molar-refractivity contribution in [3.8, 4) is 0 Å². The molecule has 7 heteroatoms. The summed E-state index contributed by atoms with van der Waals surface area (Å²) in [4.78, 5) is 8.21. The van der Waals surface area contributed by atoms with Crippen LogP contribution in [0.4, 0.5) is 17.6 Å². The molecule has 0 aromatic carbocycles. The highest BCUT2D eigenvalue weighted by Crippen LogP contribution is 2.18. The Morgan fingerprint density at radius 2 is 2.10 bits per heavy atom. The van der Waals surface area contributed by atoms with Gasteiger partial charge in [0.15, 0.2) is 0 Å². The van der Waals surface area contributed by atoms with Gasteiger partial charge in [-0.05, 0) is 28.8 Å². The molecule has 0 saturated heterocycles. The summed E-state index contributed by atoms with van der Waals surface area (Å²) in [7, 11) is 0. The lowest BCUT2D eigenvalue weighted by Crippen LogP contribution is -2.14. The molecule has 0 radical (unpaired) electrons. The van der Waals surface area contributed by atoms with Gasteiger partial charge in [0.1, 0.15) is 11.6 Å². The largest absolute Gasteiger partial charge is 0.387 e. The maximum Gasteiger partial charge on any atom is 0.223 e. The van der Waals surface area contributed by atoms with Crippen LogP contribution >= 0.6 is 11.3 Å². The van der Waals surface area contributed by atoms with E-state index in [-0.39, 0.29) is 5.95 Å². The van der Waals surface area contributed by atoms with Crippen molar-refractivity contribution in [2.75, 3.05) is 29.5 Å². The molecule has 5 N–H and O–H groups in total. The molecular formula is C13H19N5OS. The number of thiophene rings is 1. The second-order valence-electron chi connectivity index (χ2n) is 4.38. The van der Waals surface area contributed by atoms with Gasteiger partial charge in [0.2, 0.25) is 5.95 Å². The average molecular weight is 293 g/mol. The van der Waals surface area contributed by atoms with Crippen molar-refractivity contribution in [1.82, 2.24) is 9.97 Å². The van der Waals surface area contributed by atoms with Gasteiger partial charge >= 0.3 is 0 Å². The molecule has 0 aliphatic heterocycles. The minimum atomic E-state index is -0.565. The first-order valence-corrected chi connectivity index (χ1v) is 7.45. The Hall–Kier alpha value is -1.86. The van der Waals surface area contributed by atoms with E-state index in [1.165, 1.54) is 0 Å². The normalized spacial score (nSPS) is 12.1. The second-order valence-corrected chi connectivity index (χ2v) is 5.16. The third kappa shape index (κ3) is 4.07. The molecule has 0 saturated carbocycles. The summed E-state index contributed by atoms with van der Waals surface area (Å²) in [6.45, 7) is 3.28. The highest BCUT2D eigenvalue weighted by Gasteiger charge is 2.09. The van der Waals surface area contributed by atoms with Crippen molar-refractivity contribution in [3.63, 3.8) is 0 Å². The molecule has 2 aromatic rings. The van der Waals surface area contributed by atoms with Crippen LogP contribution in [0.15, 0.2) is 22.9 Å². The van der Waals surface area contributed by atoms with E-state index < -0.39 is 6.10 Å². The van der Waals surface area contributed by atoms with Crippen molar-refractivity contribution in [1.29, 1.82) is 0 Å². The summed E-state index contributed by atoms with van der Waals surface area (Å²) in [5.74, 6) is 1.50. The minimum absolute atomic E-state index is 0.207. The van der Waals surface area contributed by atoms with E-state index in [1.807, 2.05) is 16.8 Å². The zero-order valence-electron chi connectivity index (χ0n) is 11.3. The van der Waals surface area contributed by atoms with Gasteiger partial charge in [0.25, 0.3) is 0 Å². The van der Waals surface area contributed by atoms with Crippen molar-refractivity contribution in [2.45, 2.75) is 19.4 Å². The van der Waals surface area contributed by atoms with Gasteiger partial charge in [0, 0.05) is 19.2 Å². The number of nitrogens with two attached hydrogens (primary N) is 1. The smallest absolute Gasteiger partial charge is 0.223 e. The molecule has 0 bridgehead atoms. The van der Waals surface area contributed by atoms with E-state index in [0.29, 0.717) is 18.2 Å². The van der Waals surface area contributed by atoms with Gasteiger partial charge < -0.3 is 21.5 Å². The number of aromatic nitrogens is 2. The van der Waals surface area contributed by atoms with Crippen LogP contribution in [0, 0.1) is 0 Å². The van der Waals surface area contributed by atoms with Crippen LogP contribution in [0.5, 0.6) is 0 Å². The first-order valence-electron chi connectivity index (χ1n) is 6.51. The topological polar surface area (TPSA) is 96.1 Å². The average Bonchev–Trinajstić information content (AvgIpc) is 2.96. The van der Waals surface area contributed by atoms with Crippen molar-refractivity contribution < 1.29 is 5.11 Å². The quantitative estimate of drug-likeness (QED) is 0.624. The molecule has 0 spiro atoms. The van der Waals surface area contributed by atoms with Crippen LogP contribution in [-0.4, -0.2) is 28.2 Å². The van der Waals surface area contributed by atoms with Crippen LogP contribution in [0.3, 0.4) is 0 Å². The number of anilines is 3. The standard InChI is InChI=1S/C13H19N5OS/c1-2-4-15-11-6-12(18-13(14)17-11)16-7-10(19)9-3-5-20-8-9/h3,5-6,8,10,19H,2,4,7H2,1H3,(H4,14,15,16,17,18). The maximum absolute atomic E-state index is 10.0. The van der Waals surface area contributed by atoms with Gasteiger partial charge in [-0.2, -0.15) is 21.3 Å². The molecule has 6 nitrogen and oxygen atoms in total. The number of nitrogens with zero attached hydrogens (tertiary/aromatic N) is 2. The van der Waals surface area contributed by atoms with Crippen LogP contribution in [0.1, 0.15) is 25.0 Å². The Bertz CT molecular complexity index is 532. The summed E-state index contributed by atoms with van der Waals surface area (Å²) < 4.78 is 0. The van der Waals surface area contributed by atoms with Gasteiger partial charge in [0.05, 0.1) is 6.10 Å². The van der Waals surface area contributed by atoms with Crippen LogP contribution in [0.2, 0.25) is 0 Å². The zero-order valence-corrected chi connectivity index (χ0v) is 12.2. The van der Waals surface area contributed by atoms with Crippen LogP contribution in [-0.2, 0) is 0 Å². The maximum atomic E-state index is 10.0. The number of nitrogen functional groups attached to an aromatic ring is 1. The molecule has 0 aliphatic carbocycles. The Morgan fingerprint density at radius 1 is 1.35 bits per heavy atom. The number of rotatable bonds is 7. The molecule has 108 valence electrons. The molecule has 20 heavy (non-hydrogen) atoms. The Kier molecular flexibility index (Phi) is 5.14. The SMILES string of the molecule is CCCNc1cc(NCC(O)c2ccsc2)nc(N)n1. The highest BCUT2D eigenvalue weighted by atomic mass is 32.1. The first-order chi connectivity index (χ1) is 9.69. The zero-order chi connectivity index (χ0) is 14.4. The van der Waals surface area contributed by atoms with Crippen molar-refractivity contribution in [2.24, 2.45) is 0 Å². The summed E-state index contributed by atoms with van der Waals surface area (Å²) in [5, 5.41) is 20.1. The fraction of sp³-hybridized carbons (Fsp3) is 0.385. The molecule has 2 rings (SSSR count). The van der Waals surface area contributed by atoms with E-state index in [0.717, 1.165) is 18.5 Å². The van der Waals surface area contributed by atoms with E-state index >= 15 is 0 Å². The van der Waals surface area contributed by atoms with E-state index in [1.54, 1.807) is 17.4 Å². The van der Waals surface area contributed by atoms with Gasteiger partial charge in [-0.3, -0.25) is 0 Å². The number of hydrogen-bond donors (Lipinski definition) is 4. The van der Waals surface area contributed by atoms with E-state index in [4.69, 9.17) is 5.73 Å². The fourth-order valence-corrected chi connectivity index (χ4v) is 2.39. The Balaban J connectivity index is 1.96. The van der Waals surface area contributed by atoms with Gasteiger partial charge in [-0.15, -0.1) is 0 Å². The molecule has 0 amide bonds. The second kappa shape index (κ2) is 7.06. The summed E-state index contributed by atoms with van der Waals surface area (Å²) in [5.41, 5.74) is 6.57. The van der Waals surface area contributed by atoms with Crippen molar-refractivity contribution in [3.05, 3.63) is 28.5 Å². The third-order valence-corrected chi connectivity index (χ3v) is 3.41. The summed E-state index contributed by atoms with van der Waals surface area (Å²) in [6, 6.07) is 3.69. The Morgan fingerprint density at radius 3 is 2.75 bits per heavy atom.